The molecule has 1 aliphatic carbocycles. The molecule has 0 radical (unpaired) electrons. The van der Waals surface area contributed by atoms with Crippen molar-refractivity contribution in [1.29, 1.82) is 5.26 Å². The van der Waals surface area contributed by atoms with Crippen LogP contribution in [0.1, 0.15) is 29.3 Å². The molecule has 148 valence electrons. The summed E-state index contributed by atoms with van der Waals surface area (Å²) in [5, 5.41) is 9.28. The van der Waals surface area contributed by atoms with Gasteiger partial charge in [0.05, 0.1) is 22.4 Å². The molecule has 1 spiro atoms. The summed E-state index contributed by atoms with van der Waals surface area (Å²) in [5.74, 6) is 0.889. The normalized spacial score (nSPS) is 20.5. The fourth-order valence-corrected chi connectivity index (χ4v) is 5.27. The molecule has 2 unspecified atom stereocenters. The van der Waals surface area contributed by atoms with Gasteiger partial charge in [-0.2, -0.15) is 5.26 Å². The molecule has 0 bridgehead atoms. The van der Waals surface area contributed by atoms with Gasteiger partial charge in [-0.3, -0.25) is 9.11 Å². The Balaban J connectivity index is 1.45. The molecule has 9 heteroatoms. The lowest BCUT2D eigenvalue weighted by molar-refractivity contribution is 0.137. The van der Waals surface area contributed by atoms with E-state index in [9.17, 15) is 8.76 Å². The van der Waals surface area contributed by atoms with Crippen LogP contribution >= 0.6 is 0 Å². The van der Waals surface area contributed by atoms with Gasteiger partial charge >= 0.3 is 0 Å². The fourth-order valence-electron chi connectivity index (χ4n) is 4.36. The monoisotopic (exact) mass is 407 g/mol. The van der Waals surface area contributed by atoms with Crippen LogP contribution in [-0.4, -0.2) is 53.8 Å². The van der Waals surface area contributed by atoms with Crippen molar-refractivity contribution in [3.05, 3.63) is 54.0 Å². The highest BCUT2D eigenvalue weighted by atomic mass is 32.2. The molecule has 1 aromatic carbocycles. The molecule has 1 aliphatic heterocycles. The van der Waals surface area contributed by atoms with E-state index in [1.807, 2.05) is 12.3 Å². The van der Waals surface area contributed by atoms with Crippen molar-refractivity contribution in [2.45, 2.75) is 23.8 Å². The third-order valence-corrected chi connectivity index (χ3v) is 6.85. The zero-order valence-electron chi connectivity index (χ0n) is 15.6. The number of H-pyrrole nitrogens is 1. The molecule has 0 amide bonds. The third-order valence-electron chi connectivity index (χ3n) is 5.96. The predicted octanol–water partition coefficient (Wildman–Crippen LogP) is 2.06. The lowest BCUT2D eigenvalue weighted by Crippen LogP contribution is -2.57. The SMILES string of the molecule is N#Cc1ccc(C(N2CCN(c3ncnc4[nH]ccc34)CC23CC3)S(=O)[O-])cc1. The number of hydrogen-bond acceptors (Lipinski definition) is 7. The fraction of sp³-hybridized carbons (Fsp3) is 0.350. The van der Waals surface area contributed by atoms with Gasteiger partial charge in [-0.15, -0.1) is 0 Å². The van der Waals surface area contributed by atoms with E-state index in [1.54, 1.807) is 30.6 Å². The van der Waals surface area contributed by atoms with E-state index in [1.165, 1.54) is 0 Å². The number of aromatic nitrogens is 3. The number of nitrogens with zero attached hydrogens (tertiary/aromatic N) is 5. The zero-order chi connectivity index (χ0) is 20.0. The Hall–Kier alpha value is -2.80. The van der Waals surface area contributed by atoms with E-state index in [-0.39, 0.29) is 5.54 Å². The second-order valence-corrected chi connectivity index (χ2v) is 8.59. The van der Waals surface area contributed by atoms with Crippen LogP contribution < -0.4 is 4.90 Å². The topological polar surface area (TPSA) is 112 Å². The molecule has 3 aromatic rings. The summed E-state index contributed by atoms with van der Waals surface area (Å²) in [6, 6.07) is 10.9. The predicted molar refractivity (Wildman–Crippen MR) is 108 cm³/mol. The minimum Gasteiger partial charge on any atom is -0.771 e. The third kappa shape index (κ3) is 3.09. The Labute approximate surface area is 170 Å². The summed E-state index contributed by atoms with van der Waals surface area (Å²) in [5.41, 5.74) is 1.85. The number of piperazine rings is 1. The average Bonchev–Trinajstić information content (AvgIpc) is 3.32. The smallest absolute Gasteiger partial charge is 0.142 e. The van der Waals surface area contributed by atoms with Crippen LogP contribution in [-0.2, 0) is 11.1 Å². The van der Waals surface area contributed by atoms with Crippen LogP contribution in [0.4, 0.5) is 5.82 Å². The minimum atomic E-state index is -2.29. The molecule has 2 fully saturated rings. The van der Waals surface area contributed by atoms with E-state index >= 15 is 0 Å². The highest BCUT2D eigenvalue weighted by Crippen LogP contribution is 2.49. The average molecular weight is 407 g/mol. The van der Waals surface area contributed by atoms with Gasteiger partial charge in [0.2, 0.25) is 0 Å². The lowest BCUT2D eigenvalue weighted by atomic mass is 10.1. The van der Waals surface area contributed by atoms with Gasteiger partial charge in [-0.1, -0.05) is 12.1 Å². The van der Waals surface area contributed by atoms with Crippen molar-refractivity contribution in [2.75, 3.05) is 24.5 Å². The second-order valence-electron chi connectivity index (χ2n) is 7.62. The lowest BCUT2D eigenvalue weighted by Gasteiger charge is -2.47. The van der Waals surface area contributed by atoms with Crippen LogP contribution in [0.25, 0.3) is 11.0 Å². The molecule has 1 saturated carbocycles. The maximum atomic E-state index is 12.2. The van der Waals surface area contributed by atoms with Crippen molar-refractivity contribution in [3.8, 4) is 6.07 Å². The highest BCUT2D eigenvalue weighted by molar-refractivity contribution is 7.79. The van der Waals surface area contributed by atoms with Crippen molar-refractivity contribution < 1.29 is 8.76 Å². The van der Waals surface area contributed by atoms with E-state index in [2.05, 4.69) is 30.8 Å². The highest BCUT2D eigenvalue weighted by Gasteiger charge is 2.54. The number of aromatic amines is 1. The summed E-state index contributed by atoms with van der Waals surface area (Å²) < 4.78 is 24.4. The maximum Gasteiger partial charge on any atom is 0.142 e. The molecule has 1 N–H and O–H groups in total. The minimum absolute atomic E-state index is 0.176. The Morgan fingerprint density at radius 1 is 1.21 bits per heavy atom. The quantitative estimate of drug-likeness (QED) is 0.659. The van der Waals surface area contributed by atoms with Crippen LogP contribution in [0.3, 0.4) is 0 Å². The van der Waals surface area contributed by atoms with Crippen molar-refractivity contribution >= 4 is 27.9 Å². The van der Waals surface area contributed by atoms with E-state index < -0.39 is 16.5 Å². The van der Waals surface area contributed by atoms with Gasteiger partial charge in [0.1, 0.15) is 17.8 Å². The molecule has 3 heterocycles. The number of benzene rings is 1. The van der Waals surface area contributed by atoms with Crippen LogP contribution in [0.15, 0.2) is 42.9 Å². The maximum absolute atomic E-state index is 12.2. The Kier molecular flexibility index (Phi) is 4.35. The second kappa shape index (κ2) is 6.91. The summed E-state index contributed by atoms with van der Waals surface area (Å²) in [7, 11) is 0. The van der Waals surface area contributed by atoms with Gasteiger partial charge < -0.3 is 14.4 Å². The largest absolute Gasteiger partial charge is 0.771 e. The molecule has 5 rings (SSSR count). The summed E-state index contributed by atoms with van der Waals surface area (Å²) in [6.07, 6.45) is 5.32. The number of nitriles is 1. The van der Waals surface area contributed by atoms with Gasteiger partial charge in [-0.05, 0) is 47.7 Å². The first-order chi connectivity index (χ1) is 14.1. The van der Waals surface area contributed by atoms with Crippen LogP contribution in [0, 0.1) is 11.3 Å². The van der Waals surface area contributed by atoms with Crippen LogP contribution in [0.2, 0.25) is 0 Å². The first-order valence-electron chi connectivity index (χ1n) is 9.49. The Morgan fingerprint density at radius 3 is 2.69 bits per heavy atom. The number of hydrogen-bond donors (Lipinski definition) is 1. The molecular formula is C20H19N6O2S-. The standard InChI is InChI=1S/C20H20N6O2S/c21-11-14-1-3-15(4-2-14)19(29(27)28)26-10-9-25(12-20(26)6-7-20)18-16-5-8-22-17(16)23-13-24-18/h1-5,8,13,19H,6-7,9-10,12H2,(H,27,28)(H,22,23,24)/p-1. The molecule has 2 aliphatic rings. The summed E-state index contributed by atoms with van der Waals surface area (Å²) >= 11 is -2.29. The number of rotatable bonds is 4. The number of fused-ring (bicyclic) bond motifs is 1. The van der Waals surface area contributed by atoms with Crippen molar-refractivity contribution in [2.24, 2.45) is 0 Å². The van der Waals surface area contributed by atoms with Gasteiger partial charge in [0.15, 0.2) is 0 Å². The van der Waals surface area contributed by atoms with E-state index in [0.29, 0.717) is 24.2 Å². The van der Waals surface area contributed by atoms with Gasteiger partial charge in [0.25, 0.3) is 0 Å². The van der Waals surface area contributed by atoms with Gasteiger partial charge in [-0.25, -0.2) is 9.97 Å². The molecule has 29 heavy (non-hydrogen) atoms. The Bertz CT molecular complexity index is 1120. The summed E-state index contributed by atoms with van der Waals surface area (Å²) in [4.78, 5) is 16.2. The number of nitrogens with one attached hydrogen (secondary N) is 1. The first-order valence-corrected chi connectivity index (χ1v) is 10.6. The van der Waals surface area contributed by atoms with E-state index in [4.69, 9.17) is 5.26 Å². The first kappa shape index (κ1) is 18.2. The van der Waals surface area contributed by atoms with Crippen molar-refractivity contribution in [1.82, 2.24) is 19.9 Å². The summed E-state index contributed by atoms with van der Waals surface area (Å²) in [6.45, 7) is 2.03. The van der Waals surface area contributed by atoms with E-state index in [0.717, 1.165) is 36.2 Å². The number of anilines is 1. The molecule has 2 aromatic heterocycles. The molecule has 1 saturated heterocycles. The zero-order valence-corrected chi connectivity index (χ0v) is 16.4. The van der Waals surface area contributed by atoms with Crippen LogP contribution in [0.5, 0.6) is 0 Å². The van der Waals surface area contributed by atoms with Gasteiger partial charge in [0, 0.05) is 31.4 Å². The molecule has 2 atom stereocenters. The Morgan fingerprint density at radius 2 is 2.00 bits per heavy atom. The molecular weight excluding hydrogens is 388 g/mol. The van der Waals surface area contributed by atoms with Crippen molar-refractivity contribution in [3.63, 3.8) is 0 Å². The molecule has 8 nitrogen and oxygen atoms in total.